The molecule has 0 bridgehead atoms. The molecule has 2 aliphatic carbocycles. The smallest absolute Gasteiger partial charge is 0.264 e. The third-order valence-corrected chi connectivity index (χ3v) is 18.1. The van der Waals surface area contributed by atoms with Gasteiger partial charge >= 0.3 is 0 Å². The predicted octanol–water partition coefficient (Wildman–Crippen LogP) is 16.8. The number of fused-ring (bicyclic) bond motifs is 10. The van der Waals surface area contributed by atoms with E-state index in [9.17, 15) is 0 Å². The van der Waals surface area contributed by atoms with Gasteiger partial charge in [-0.1, -0.05) is 175 Å². The second-order valence-corrected chi connectivity index (χ2v) is 23.4. The van der Waals surface area contributed by atoms with E-state index in [1.54, 1.807) is 0 Å². The summed E-state index contributed by atoms with van der Waals surface area (Å²) in [5.74, 6) is 0. The molecule has 0 N–H and O–H groups in total. The third-order valence-electron chi connectivity index (χ3n) is 16.9. The molecule has 14 rings (SSSR count). The molecule has 0 saturated heterocycles. The van der Waals surface area contributed by atoms with Crippen LogP contribution < -0.4 is 30.4 Å². The zero-order chi connectivity index (χ0) is 48.7. The first-order chi connectivity index (χ1) is 35.0. The minimum atomic E-state index is -0.200. The molecule has 0 spiro atoms. The number of thiophene rings is 1. The lowest BCUT2D eigenvalue weighted by Gasteiger charge is -2.45. The van der Waals surface area contributed by atoms with Gasteiger partial charge in [0, 0.05) is 60.0 Å². The zero-order valence-electron chi connectivity index (χ0n) is 41.9. The highest BCUT2D eigenvalue weighted by Gasteiger charge is 2.49. The van der Waals surface area contributed by atoms with Gasteiger partial charge < -0.3 is 14.7 Å². The molecule has 5 heteroatoms. The van der Waals surface area contributed by atoms with Crippen molar-refractivity contribution in [3.63, 3.8) is 0 Å². The Balaban J connectivity index is 1.16. The van der Waals surface area contributed by atoms with Crippen LogP contribution in [-0.2, 0) is 16.2 Å². The Hall–Kier alpha value is -7.60. The first kappa shape index (κ1) is 43.2. The van der Waals surface area contributed by atoms with E-state index in [1.807, 2.05) is 11.3 Å². The molecular formula is C67H56BN3S. The minimum absolute atomic E-state index is 0.0485. The van der Waals surface area contributed by atoms with Crippen LogP contribution in [0.15, 0.2) is 206 Å². The topological polar surface area (TPSA) is 9.72 Å². The molecule has 72 heavy (non-hydrogen) atoms. The van der Waals surface area contributed by atoms with E-state index < -0.39 is 0 Å². The summed E-state index contributed by atoms with van der Waals surface area (Å²) in [6.45, 7) is 14.7. The van der Waals surface area contributed by atoms with Gasteiger partial charge in [0.15, 0.2) is 0 Å². The number of benzene rings is 9. The van der Waals surface area contributed by atoms with E-state index in [1.165, 1.54) is 99.5 Å². The highest BCUT2D eigenvalue weighted by molar-refractivity contribution is 7.33. The maximum Gasteiger partial charge on any atom is 0.264 e. The summed E-state index contributed by atoms with van der Waals surface area (Å²) in [6.07, 6.45) is 2.34. The average molecular weight is 946 g/mol. The predicted molar refractivity (Wildman–Crippen MR) is 309 cm³/mol. The molecule has 3 nitrogen and oxygen atoms in total. The molecule has 1 aromatic heterocycles. The normalized spacial score (nSPS) is 16.1. The Morgan fingerprint density at radius 2 is 1.00 bits per heavy atom. The standard InChI is InChI=1S/C67H56BN3S/c1-65(2)35-36-66(3,4)55-42-61-51(39-54(55)65)63-64(72-61)68-56-40-50-49-32-19-21-33-52(49)67(5,6)53(50)41-58(56)71(57-34-22-20-31-48(57)43-23-11-7-12-24-43)60-38-47(37-59(62(60)68)70(63)46-29-17-10-18-30-46)69(44-25-13-8-14-26-44)45-27-15-9-16-28-45/h7-34,37-42H,35-36H2,1-6H3. The Morgan fingerprint density at radius 1 is 0.444 bits per heavy atom. The van der Waals surface area contributed by atoms with Crippen LogP contribution in [0.25, 0.3) is 32.3 Å². The fourth-order valence-electron chi connectivity index (χ4n) is 13.1. The first-order valence-electron chi connectivity index (χ1n) is 25.8. The summed E-state index contributed by atoms with van der Waals surface area (Å²) < 4.78 is 2.76. The summed E-state index contributed by atoms with van der Waals surface area (Å²) in [5, 5.41) is 1.34. The Morgan fingerprint density at radius 3 is 1.67 bits per heavy atom. The Labute approximate surface area is 428 Å². The summed E-state index contributed by atoms with van der Waals surface area (Å²) >= 11 is 2.02. The molecule has 0 fully saturated rings. The maximum absolute atomic E-state index is 2.65. The Kier molecular flexibility index (Phi) is 9.42. The van der Waals surface area contributed by atoms with E-state index in [4.69, 9.17) is 0 Å². The lowest BCUT2D eigenvalue weighted by molar-refractivity contribution is 0.332. The molecule has 3 heterocycles. The van der Waals surface area contributed by atoms with E-state index in [0.29, 0.717) is 0 Å². The van der Waals surface area contributed by atoms with Crippen molar-refractivity contribution in [3.05, 3.63) is 229 Å². The second-order valence-electron chi connectivity index (χ2n) is 22.3. The molecule has 0 amide bonds. The first-order valence-corrected chi connectivity index (χ1v) is 26.6. The molecule has 4 aliphatic rings. The van der Waals surface area contributed by atoms with Crippen molar-refractivity contribution in [1.29, 1.82) is 0 Å². The number of hydrogen-bond donors (Lipinski definition) is 0. The van der Waals surface area contributed by atoms with Crippen molar-refractivity contribution in [3.8, 4) is 22.3 Å². The van der Waals surface area contributed by atoms with Crippen molar-refractivity contribution in [2.24, 2.45) is 0 Å². The largest absolute Gasteiger partial charge is 0.311 e. The third kappa shape index (κ3) is 6.29. The highest BCUT2D eigenvalue weighted by atomic mass is 32.1. The van der Waals surface area contributed by atoms with Crippen molar-refractivity contribution in [1.82, 2.24) is 0 Å². The van der Waals surface area contributed by atoms with Gasteiger partial charge in [0.2, 0.25) is 0 Å². The van der Waals surface area contributed by atoms with Gasteiger partial charge in [0.25, 0.3) is 6.71 Å². The summed E-state index contributed by atoms with van der Waals surface area (Å²) in [6, 6.07) is 77.7. The summed E-state index contributed by atoms with van der Waals surface area (Å²) in [4.78, 5) is 7.75. The molecule has 9 aromatic carbocycles. The molecule has 10 aromatic rings. The summed E-state index contributed by atoms with van der Waals surface area (Å²) in [5.41, 5.74) is 24.0. The number of para-hydroxylation sites is 4. The minimum Gasteiger partial charge on any atom is -0.311 e. The lowest BCUT2D eigenvalue weighted by Crippen LogP contribution is -2.60. The molecule has 0 unspecified atom stereocenters. The van der Waals surface area contributed by atoms with E-state index in [0.717, 1.165) is 34.9 Å². The number of rotatable bonds is 6. The van der Waals surface area contributed by atoms with Crippen LogP contribution in [0.5, 0.6) is 0 Å². The number of anilines is 9. The summed E-state index contributed by atoms with van der Waals surface area (Å²) in [7, 11) is 0. The van der Waals surface area contributed by atoms with Crippen molar-refractivity contribution < 1.29 is 0 Å². The molecule has 2 aliphatic heterocycles. The van der Waals surface area contributed by atoms with Gasteiger partial charge in [-0.2, -0.15) is 0 Å². The van der Waals surface area contributed by atoms with Gasteiger partial charge in [0.05, 0.1) is 17.1 Å². The van der Waals surface area contributed by atoms with Gasteiger partial charge in [-0.25, -0.2) is 0 Å². The fourth-order valence-corrected chi connectivity index (χ4v) is 14.4. The quantitative estimate of drug-likeness (QED) is 0.154. The molecule has 0 saturated carbocycles. The van der Waals surface area contributed by atoms with Gasteiger partial charge in [0.1, 0.15) is 0 Å². The number of nitrogens with zero attached hydrogens (tertiary/aromatic N) is 3. The lowest BCUT2D eigenvalue weighted by atomic mass is 9.36. The van der Waals surface area contributed by atoms with Crippen LogP contribution in [-0.4, -0.2) is 6.71 Å². The van der Waals surface area contributed by atoms with Crippen LogP contribution in [0.4, 0.5) is 51.2 Å². The van der Waals surface area contributed by atoms with Crippen LogP contribution in [0.3, 0.4) is 0 Å². The average Bonchev–Trinajstić information content (AvgIpc) is 3.90. The van der Waals surface area contributed by atoms with Crippen LogP contribution >= 0.6 is 11.3 Å². The number of hydrogen-bond acceptors (Lipinski definition) is 4. The SMILES string of the molecule is CC1(C)CCC(C)(C)c2cc3c4c(sc3cc21)B1c2cc3c(cc2N(c2ccccc2-c2ccccc2)c2cc(N(c5ccccc5)c5ccccc5)cc(c21)N4c1ccccc1)C(C)(C)c1ccccc1-3. The van der Waals surface area contributed by atoms with Gasteiger partial charge in [-0.15, -0.1) is 11.3 Å². The van der Waals surface area contributed by atoms with Crippen molar-refractivity contribution in [2.45, 2.75) is 70.6 Å². The van der Waals surface area contributed by atoms with Gasteiger partial charge in [-0.3, -0.25) is 0 Å². The second kappa shape index (κ2) is 15.7. The molecule has 0 atom stereocenters. The van der Waals surface area contributed by atoms with Gasteiger partial charge in [-0.05, 0) is 146 Å². The molecule has 348 valence electrons. The van der Waals surface area contributed by atoms with E-state index in [-0.39, 0.29) is 23.0 Å². The maximum atomic E-state index is 2.65. The van der Waals surface area contributed by atoms with Crippen LogP contribution in [0, 0.1) is 0 Å². The van der Waals surface area contributed by atoms with E-state index >= 15 is 0 Å². The molecule has 0 radical (unpaired) electrons. The monoisotopic (exact) mass is 945 g/mol. The van der Waals surface area contributed by atoms with Crippen LogP contribution in [0.1, 0.15) is 76.6 Å². The highest BCUT2D eigenvalue weighted by Crippen LogP contribution is 2.56. The van der Waals surface area contributed by atoms with Crippen molar-refractivity contribution >= 4 is 95.0 Å². The molecular weight excluding hydrogens is 890 g/mol. The fraction of sp³-hybridized carbons (Fsp3) is 0.164. The Bertz CT molecular complexity index is 3760. The zero-order valence-corrected chi connectivity index (χ0v) is 42.7. The van der Waals surface area contributed by atoms with Crippen molar-refractivity contribution in [2.75, 3.05) is 14.7 Å². The van der Waals surface area contributed by atoms with E-state index in [2.05, 4.69) is 262 Å². The van der Waals surface area contributed by atoms with Crippen LogP contribution in [0.2, 0.25) is 0 Å².